The smallest absolute Gasteiger partial charge is 0.388 e. The second-order valence-corrected chi connectivity index (χ2v) is 10.1. The third kappa shape index (κ3) is 5.42. The Morgan fingerprint density at radius 1 is 1.00 bits per heavy atom. The van der Waals surface area contributed by atoms with E-state index in [2.05, 4.69) is 5.32 Å². The molecule has 0 spiro atoms. The van der Waals surface area contributed by atoms with Crippen molar-refractivity contribution in [3.8, 4) is 0 Å². The van der Waals surface area contributed by atoms with Gasteiger partial charge in [-0.15, -0.1) is 0 Å². The number of hydrogen-bond donors (Lipinski definition) is 2. The van der Waals surface area contributed by atoms with Gasteiger partial charge in [0.2, 0.25) is 5.91 Å². The molecule has 0 aliphatic heterocycles. The molecule has 184 valence electrons. The predicted molar refractivity (Wildman–Crippen MR) is 107 cm³/mol. The topological polar surface area (TPSA) is 58.2 Å². The maximum absolute atomic E-state index is 14.4. The Morgan fingerprint density at radius 3 is 2.00 bits per heavy atom. The summed E-state index contributed by atoms with van der Waals surface area (Å²) in [6, 6.07) is 0. The van der Waals surface area contributed by atoms with E-state index in [0.717, 1.165) is 6.42 Å². The summed E-state index contributed by atoms with van der Waals surface area (Å²) in [6.07, 6.45) is -10.3. The van der Waals surface area contributed by atoms with Crippen molar-refractivity contribution in [2.45, 2.75) is 90.5 Å². The summed E-state index contributed by atoms with van der Waals surface area (Å²) in [4.78, 5) is 25.6. The normalized spacial score (nSPS) is 21.2. The largest absolute Gasteiger partial charge is 0.425 e. The number of hydrogen-bond acceptors (Lipinski definition) is 3. The molecule has 0 radical (unpaired) electrons. The van der Waals surface area contributed by atoms with E-state index in [9.17, 15) is 35.9 Å². The molecule has 2 rings (SSSR count). The number of ketones is 1. The number of allylic oxidation sites excluding steroid dienone is 1. The molecule has 0 aromatic rings. The van der Waals surface area contributed by atoms with Gasteiger partial charge in [0.15, 0.2) is 5.78 Å². The maximum Gasteiger partial charge on any atom is 0.425 e. The van der Waals surface area contributed by atoms with Crippen LogP contribution in [-0.4, -0.2) is 36.1 Å². The fraction of sp³-hybridized carbons (Fsp3) is 0.818. The quantitative estimate of drug-likeness (QED) is 0.509. The van der Waals surface area contributed by atoms with Gasteiger partial charge in [-0.2, -0.15) is 26.3 Å². The predicted octanol–water partition coefficient (Wildman–Crippen LogP) is 5.44. The summed E-state index contributed by atoms with van der Waals surface area (Å²) >= 11 is 0. The highest BCUT2D eigenvalue weighted by atomic mass is 19.4. The zero-order valence-corrected chi connectivity index (χ0v) is 18.9. The maximum atomic E-state index is 14.4. The minimum absolute atomic E-state index is 0.0879. The van der Waals surface area contributed by atoms with E-state index >= 15 is 0 Å². The van der Waals surface area contributed by atoms with Crippen molar-refractivity contribution < 1.29 is 35.9 Å². The lowest BCUT2D eigenvalue weighted by Crippen LogP contribution is -2.71. The molecule has 0 unspecified atom stereocenters. The van der Waals surface area contributed by atoms with Crippen LogP contribution >= 0.6 is 0 Å². The number of carbonyl (C=O) groups is 2. The second-order valence-electron chi connectivity index (χ2n) is 10.1. The Kier molecular flexibility index (Phi) is 7.66. The van der Waals surface area contributed by atoms with Gasteiger partial charge in [0.05, 0.1) is 5.57 Å². The molecule has 0 heterocycles. The van der Waals surface area contributed by atoms with Crippen molar-refractivity contribution in [1.82, 2.24) is 10.6 Å². The van der Waals surface area contributed by atoms with Gasteiger partial charge in [0.25, 0.3) is 5.54 Å². The van der Waals surface area contributed by atoms with Crippen molar-refractivity contribution in [3.63, 3.8) is 0 Å². The first kappa shape index (κ1) is 26.5. The first-order valence-electron chi connectivity index (χ1n) is 11.0. The molecule has 1 amide bonds. The Morgan fingerprint density at radius 2 is 1.53 bits per heavy atom. The van der Waals surface area contributed by atoms with E-state index in [-0.39, 0.29) is 31.7 Å². The fourth-order valence-corrected chi connectivity index (χ4v) is 4.53. The van der Waals surface area contributed by atoms with Crippen molar-refractivity contribution in [1.29, 1.82) is 0 Å². The number of amides is 1. The zero-order chi connectivity index (χ0) is 24.5. The van der Waals surface area contributed by atoms with Crippen molar-refractivity contribution in [2.75, 3.05) is 6.54 Å². The molecule has 0 aromatic heterocycles. The van der Waals surface area contributed by atoms with Crippen LogP contribution in [0.1, 0.15) is 72.6 Å². The monoisotopic (exact) mass is 470 g/mol. The number of halogens is 6. The van der Waals surface area contributed by atoms with Gasteiger partial charge in [-0.25, -0.2) is 0 Å². The summed E-state index contributed by atoms with van der Waals surface area (Å²) in [7, 11) is 0. The fourth-order valence-electron chi connectivity index (χ4n) is 4.53. The van der Waals surface area contributed by atoms with Gasteiger partial charge in [0, 0.05) is 24.6 Å². The number of Topliss-reactive ketones (excluding diaryl/α,β-unsaturated/α-hetero) is 1. The summed E-state index contributed by atoms with van der Waals surface area (Å²) in [5, 5.41) is 3.98. The lowest BCUT2D eigenvalue weighted by Gasteiger charge is -2.44. The summed E-state index contributed by atoms with van der Waals surface area (Å²) < 4.78 is 86.2. The molecule has 0 atom stereocenters. The van der Waals surface area contributed by atoms with Crippen LogP contribution in [0.15, 0.2) is 11.3 Å². The van der Waals surface area contributed by atoms with Crippen LogP contribution in [0.2, 0.25) is 0 Å². The second kappa shape index (κ2) is 9.25. The van der Waals surface area contributed by atoms with Crippen LogP contribution in [0, 0.1) is 17.3 Å². The Bertz CT molecular complexity index is 733. The van der Waals surface area contributed by atoms with E-state index < -0.39 is 58.6 Å². The van der Waals surface area contributed by atoms with E-state index in [4.69, 9.17) is 0 Å². The summed E-state index contributed by atoms with van der Waals surface area (Å²) in [5.41, 5.74) is -7.42. The van der Waals surface area contributed by atoms with E-state index in [0.29, 0.717) is 12.8 Å². The van der Waals surface area contributed by atoms with Crippen LogP contribution in [0.25, 0.3) is 0 Å². The Balaban J connectivity index is 2.71. The van der Waals surface area contributed by atoms with Crippen LogP contribution in [0.3, 0.4) is 0 Å². The molecule has 1 fully saturated rings. The van der Waals surface area contributed by atoms with E-state index in [1.165, 1.54) is 5.32 Å². The molecular weight excluding hydrogens is 438 g/mol. The molecule has 0 bridgehead atoms. The van der Waals surface area contributed by atoms with Gasteiger partial charge < -0.3 is 10.6 Å². The minimum Gasteiger partial charge on any atom is -0.388 e. The summed E-state index contributed by atoms with van der Waals surface area (Å²) in [6.45, 7) is 6.80. The molecule has 32 heavy (non-hydrogen) atoms. The zero-order valence-electron chi connectivity index (χ0n) is 18.9. The Hall–Kier alpha value is -1.74. The molecule has 2 aliphatic carbocycles. The highest BCUT2D eigenvalue weighted by Gasteiger charge is 2.76. The van der Waals surface area contributed by atoms with Crippen LogP contribution < -0.4 is 10.6 Å². The first-order valence-corrected chi connectivity index (χ1v) is 11.0. The van der Waals surface area contributed by atoms with Crippen molar-refractivity contribution in [3.05, 3.63) is 11.3 Å². The molecule has 10 heteroatoms. The average molecular weight is 470 g/mol. The summed E-state index contributed by atoms with van der Waals surface area (Å²) in [5.74, 6) is -3.61. The van der Waals surface area contributed by atoms with E-state index in [1.807, 2.05) is 0 Å². The number of rotatable bonds is 6. The van der Waals surface area contributed by atoms with Crippen LogP contribution in [0.4, 0.5) is 26.3 Å². The number of alkyl halides is 6. The molecule has 2 aliphatic rings. The Labute approximate surface area is 184 Å². The molecule has 1 saturated carbocycles. The number of nitrogens with one attached hydrogen (secondary N) is 2. The standard InChI is InChI=1S/C22H32F6N2O2/c1-13(2)12-29-15-10-19(3,4)11-16(31)17(15)20(21(23,24)25,22(26,27)28)30-18(32)14-8-6-5-7-9-14/h13-14,29H,5-12H2,1-4H3,(H,30,32). The minimum atomic E-state index is -5.97. The molecule has 0 aromatic carbocycles. The molecule has 4 nitrogen and oxygen atoms in total. The van der Waals surface area contributed by atoms with Gasteiger partial charge in [0.1, 0.15) is 0 Å². The van der Waals surface area contributed by atoms with Gasteiger partial charge >= 0.3 is 12.4 Å². The lowest BCUT2D eigenvalue weighted by atomic mass is 9.69. The third-order valence-electron chi connectivity index (χ3n) is 6.11. The molecule has 2 N–H and O–H groups in total. The number of carbonyl (C=O) groups excluding carboxylic acids is 2. The third-order valence-corrected chi connectivity index (χ3v) is 6.11. The molecular formula is C22H32F6N2O2. The first-order chi connectivity index (χ1) is 14.5. The van der Waals surface area contributed by atoms with Gasteiger partial charge in [-0.05, 0) is 30.6 Å². The highest BCUT2D eigenvalue weighted by molar-refractivity contribution is 6.01. The van der Waals surface area contributed by atoms with Crippen LogP contribution in [-0.2, 0) is 9.59 Å². The van der Waals surface area contributed by atoms with E-state index in [1.54, 1.807) is 27.7 Å². The van der Waals surface area contributed by atoms with Crippen molar-refractivity contribution >= 4 is 11.7 Å². The highest BCUT2D eigenvalue weighted by Crippen LogP contribution is 2.52. The lowest BCUT2D eigenvalue weighted by molar-refractivity contribution is -0.293. The average Bonchev–Trinajstić information content (AvgIpc) is 2.62. The van der Waals surface area contributed by atoms with Crippen molar-refractivity contribution in [2.24, 2.45) is 17.3 Å². The van der Waals surface area contributed by atoms with Gasteiger partial charge in [-0.3, -0.25) is 9.59 Å². The van der Waals surface area contributed by atoms with Crippen LogP contribution in [0.5, 0.6) is 0 Å². The SMILES string of the molecule is CC(C)CNC1=C(C(NC(=O)C2CCCCC2)(C(F)(F)F)C(F)(F)F)C(=O)CC(C)(C)C1. The van der Waals surface area contributed by atoms with Gasteiger partial charge in [-0.1, -0.05) is 47.0 Å². The molecule has 0 saturated heterocycles.